The van der Waals surface area contributed by atoms with Gasteiger partial charge in [-0.05, 0) is 60.8 Å². The molecule has 0 radical (unpaired) electrons. The maximum atomic E-state index is 12.3. The number of aromatic nitrogens is 2. The molecule has 1 saturated heterocycles. The van der Waals surface area contributed by atoms with Gasteiger partial charge in [0.15, 0.2) is 5.69 Å². The molecule has 22 heavy (non-hydrogen) atoms. The van der Waals surface area contributed by atoms with Crippen LogP contribution >= 0.6 is 27.3 Å². The number of aromatic amines is 1. The lowest BCUT2D eigenvalue weighted by Crippen LogP contribution is -2.45. The average Bonchev–Trinajstić information content (AvgIpc) is 3.05. The number of hydrogen-bond donors (Lipinski definition) is 2. The second kappa shape index (κ2) is 6.14. The summed E-state index contributed by atoms with van der Waals surface area (Å²) < 4.78 is 6.72. The van der Waals surface area contributed by atoms with E-state index < -0.39 is 0 Å². The second-order valence-corrected chi connectivity index (χ2v) is 8.50. The summed E-state index contributed by atoms with van der Waals surface area (Å²) in [4.78, 5) is 13.4. The summed E-state index contributed by atoms with van der Waals surface area (Å²) in [6, 6.07) is 5.89. The minimum atomic E-state index is -0.184. The number of nitrogens with one attached hydrogen (secondary N) is 2. The molecule has 2 aromatic rings. The van der Waals surface area contributed by atoms with Gasteiger partial charge in [0.25, 0.3) is 5.91 Å². The molecule has 1 amide bonds. The first-order valence-electron chi connectivity index (χ1n) is 7.19. The molecule has 0 saturated carbocycles. The van der Waals surface area contributed by atoms with Gasteiger partial charge in [-0.3, -0.25) is 9.89 Å². The molecule has 3 rings (SSSR count). The summed E-state index contributed by atoms with van der Waals surface area (Å²) in [6.07, 6.45) is 1.65. The third-order valence-electron chi connectivity index (χ3n) is 3.68. The quantitative estimate of drug-likeness (QED) is 0.850. The Balaban J connectivity index is 1.67. The van der Waals surface area contributed by atoms with Crippen LogP contribution in [0, 0.1) is 0 Å². The smallest absolute Gasteiger partial charge is 0.272 e. The number of H-pyrrole nitrogens is 1. The van der Waals surface area contributed by atoms with E-state index in [0.29, 0.717) is 12.3 Å². The summed E-state index contributed by atoms with van der Waals surface area (Å²) in [7, 11) is 0. The molecule has 0 aliphatic carbocycles. The third kappa shape index (κ3) is 3.59. The third-order valence-corrected chi connectivity index (χ3v) is 5.34. The fourth-order valence-corrected chi connectivity index (χ4v) is 3.99. The number of halogens is 1. The standard InChI is InChI=1S/C15H18BrN3O2S/c1-15(2)8-9(5-6-21-15)17-14(20)11-7-10(18-19-11)12-3-4-13(16)22-12/h3-4,7,9H,5-6,8H2,1-2H3,(H,17,20)(H,18,19)/t9-/m1/s1. The largest absolute Gasteiger partial charge is 0.375 e. The Hall–Kier alpha value is -1.18. The van der Waals surface area contributed by atoms with E-state index in [-0.39, 0.29) is 17.6 Å². The van der Waals surface area contributed by atoms with Crippen LogP contribution in [-0.4, -0.2) is 34.4 Å². The van der Waals surface area contributed by atoms with Crippen molar-refractivity contribution in [3.8, 4) is 10.6 Å². The van der Waals surface area contributed by atoms with E-state index >= 15 is 0 Å². The van der Waals surface area contributed by atoms with Crippen LogP contribution in [0.1, 0.15) is 37.2 Å². The number of carbonyl (C=O) groups excluding carboxylic acids is 1. The highest BCUT2D eigenvalue weighted by Gasteiger charge is 2.30. The minimum Gasteiger partial charge on any atom is -0.375 e. The first kappa shape index (κ1) is 15.7. The van der Waals surface area contributed by atoms with Crippen LogP contribution in [0.25, 0.3) is 10.6 Å². The van der Waals surface area contributed by atoms with E-state index in [4.69, 9.17) is 4.74 Å². The topological polar surface area (TPSA) is 67.0 Å². The van der Waals surface area contributed by atoms with Crippen LogP contribution in [0.2, 0.25) is 0 Å². The fourth-order valence-electron chi connectivity index (χ4n) is 2.64. The monoisotopic (exact) mass is 383 g/mol. The van der Waals surface area contributed by atoms with Gasteiger partial charge >= 0.3 is 0 Å². The van der Waals surface area contributed by atoms with Crippen molar-refractivity contribution in [3.05, 3.63) is 27.7 Å². The molecule has 2 aromatic heterocycles. The van der Waals surface area contributed by atoms with Crippen LogP contribution in [0.5, 0.6) is 0 Å². The number of hydrogen-bond acceptors (Lipinski definition) is 4. The summed E-state index contributed by atoms with van der Waals surface area (Å²) in [5.41, 5.74) is 1.09. The lowest BCUT2D eigenvalue weighted by molar-refractivity contribution is -0.0615. The predicted molar refractivity (Wildman–Crippen MR) is 90.1 cm³/mol. The number of thiophene rings is 1. The van der Waals surface area contributed by atoms with Gasteiger partial charge in [0.2, 0.25) is 0 Å². The van der Waals surface area contributed by atoms with E-state index in [0.717, 1.165) is 27.2 Å². The highest BCUT2D eigenvalue weighted by atomic mass is 79.9. The average molecular weight is 384 g/mol. The van der Waals surface area contributed by atoms with E-state index in [1.165, 1.54) is 0 Å². The van der Waals surface area contributed by atoms with Gasteiger partial charge in [-0.1, -0.05) is 0 Å². The zero-order valence-corrected chi connectivity index (χ0v) is 14.9. The summed E-state index contributed by atoms with van der Waals surface area (Å²) in [6.45, 7) is 4.77. The van der Waals surface area contributed by atoms with Crippen LogP contribution < -0.4 is 5.32 Å². The van der Waals surface area contributed by atoms with Gasteiger partial charge < -0.3 is 10.1 Å². The van der Waals surface area contributed by atoms with Gasteiger partial charge in [-0.15, -0.1) is 11.3 Å². The van der Waals surface area contributed by atoms with Gasteiger partial charge in [0.1, 0.15) is 0 Å². The summed E-state index contributed by atoms with van der Waals surface area (Å²) in [5.74, 6) is -0.138. The van der Waals surface area contributed by atoms with Crippen molar-refractivity contribution in [1.82, 2.24) is 15.5 Å². The molecule has 118 valence electrons. The highest BCUT2D eigenvalue weighted by Crippen LogP contribution is 2.30. The van der Waals surface area contributed by atoms with Crippen molar-refractivity contribution >= 4 is 33.2 Å². The molecule has 0 bridgehead atoms. The first-order chi connectivity index (χ1) is 10.4. The zero-order chi connectivity index (χ0) is 15.7. The lowest BCUT2D eigenvalue weighted by Gasteiger charge is -2.35. The molecule has 1 atom stereocenters. The molecule has 0 spiro atoms. The Morgan fingerprint density at radius 2 is 2.36 bits per heavy atom. The lowest BCUT2D eigenvalue weighted by atomic mass is 9.94. The Kier molecular flexibility index (Phi) is 4.38. The summed E-state index contributed by atoms with van der Waals surface area (Å²) >= 11 is 5.03. The molecule has 7 heteroatoms. The molecule has 1 aliphatic rings. The van der Waals surface area contributed by atoms with Crippen molar-refractivity contribution in [3.63, 3.8) is 0 Å². The number of carbonyl (C=O) groups is 1. The molecule has 2 N–H and O–H groups in total. The molecular formula is C15H18BrN3O2S. The molecule has 0 unspecified atom stereocenters. The highest BCUT2D eigenvalue weighted by molar-refractivity contribution is 9.11. The Morgan fingerprint density at radius 3 is 3.05 bits per heavy atom. The minimum absolute atomic E-state index is 0.132. The van der Waals surface area contributed by atoms with E-state index in [1.807, 2.05) is 26.0 Å². The molecule has 1 fully saturated rings. The van der Waals surface area contributed by atoms with Crippen LogP contribution in [0.4, 0.5) is 0 Å². The Morgan fingerprint density at radius 1 is 1.55 bits per heavy atom. The van der Waals surface area contributed by atoms with Crippen molar-refractivity contribution in [1.29, 1.82) is 0 Å². The van der Waals surface area contributed by atoms with Crippen molar-refractivity contribution < 1.29 is 9.53 Å². The van der Waals surface area contributed by atoms with E-state index in [9.17, 15) is 4.79 Å². The van der Waals surface area contributed by atoms with Crippen LogP contribution in [0.3, 0.4) is 0 Å². The molecule has 1 aliphatic heterocycles. The van der Waals surface area contributed by atoms with Crippen molar-refractivity contribution in [2.75, 3.05) is 6.61 Å². The van der Waals surface area contributed by atoms with Crippen LogP contribution in [0.15, 0.2) is 22.0 Å². The van der Waals surface area contributed by atoms with E-state index in [1.54, 1.807) is 17.4 Å². The SMILES string of the molecule is CC1(C)C[C@H](NC(=O)c2cc(-c3ccc(Br)s3)[nH]n2)CCO1. The Bertz CT molecular complexity index is 680. The number of rotatable bonds is 3. The molecule has 0 aromatic carbocycles. The molecule has 5 nitrogen and oxygen atoms in total. The van der Waals surface area contributed by atoms with Gasteiger partial charge in [0.05, 0.1) is 20.0 Å². The number of nitrogens with zero attached hydrogens (tertiary/aromatic N) is 1. The second-order valence-electron chi connectivity index (χ2n) is 6.04. The zero-order valence-electron chi connectivity index (χ0n) is 12.5. The Labute approximate surface area is 141 Å². The maximum absolute atomic E-state index is 12.3. The predicted octanol–water partition coefficient (Wildman–Crippen LogP) is 3.59. The van der Waals surface area contributed by atoms with Gasteiger partial charge in [0, 0.05) is 12.6 Å². The van der Waals surface area contributed by atoms with E-state index in [2.05, 4.69) is 31.4 Å². The van der Waals surface area contributed by atoms with Crippen molar-refractivity contribution in [2.45, 2.75) is 38.3 Å². The van der Waals surface area contributed by atoms with Gasteiger partial charge in [-0.2, -0.15) is 5.10 Å². The fraction of sp³-hybridized carbons (Fsp3) is 0.467. The van der Waals surface area contributed by atoms with Crippen molar-refractivity contribution in [2.24, 2.45) is 0 Å². The van der Waals surface area contributed by atoms with Gasteiger partial charge in [-0.25, -0.2) is 0 Å². The molecular weight excluding hydrogens is 366 g/mol. The number of ether oxygens (including phenoxy) is 1. The van der Waals surface area contributed by atoms with Crippen LogP contribution in [-0.2, 0) is 4.74 Å². The first-order valence-corrected chi connectivity index (χ1v) is 8.80. The normalized spacial score (nSPS) is 20.8. The molecule has 3 heterocycles. The maximum Gasteiger partial charge on any atom is 0.272 e. The number of amides is 1. The summed E-state index contributed by atoms with van der Waals surface area (Å²) in [5, 5.41) is 10.1.